The van der Waals surface area contributed by atoms with E-state index in [1.54, 1.807) is 4.90 Å². The van der Waals surface area contributed by atoms with Crippen LogP contribution in [-0.4, -0.2) is 23.9 Å². The summed E-state index contributed by atoms with van der Waals surface area (Å²) in [4.78, 5) is 13.9. The molecule has 0 spiro atoms. The fourth-order valence-corrected chi connectivity index (χ4v) is 1.94. The number of halogens is 1. The Balaban J connectivity index is 2.19. The summed E-state index contributed by atoms with van der Waals surface area (Å²) in [5, 5.41) is 0. The number of benzene rings is 1. The van der Waals surface area contributed by atoms with E-state index >= 15 is 0 Å². The van der Waals surface area contributed by atoms with Crippen molar-refractivity contribution in [2.24, 2.45) is 0 Å². The molecule has 1 heterocycles. The summed E-state index contributed by atoms with van der Waals surface area (Å²) >= 11 is 0. The van der Waals surface area contributed by atoms with Gasteiger partial charge in [0.15, 0.2) is 0 Å². The van der Waals surface area contributed by atoms with E-state index in [9.17, 15) is 9.18 Å². The second-order valence-corrected chi connectivity index (χ2v) is 4.30. The Kier molecular flexibility index (Phi) is 3.13. The molecule has 0 fully saturated rings. The summed E-state index contributed by atoms with van der Waals surface area (Å²) in [5.41, 5.74) is 7.10. The highest BCUT2D eigenvalue weighted by Gasteiger charge is 2.18. The van der Waals surface area contributed by atoms with Gasteiger partial charge in [-0.1, -0.05) is 11.6 Å². The van der Waals surface area contributed by atoms with Crippen molar-refractivity contribution >= 4 is 11.6 Å². The molecule has 3 nitrogen and oxygen atoms in total. The average Bonchev–Trinajstić information content (AvgIpc) is 2.32. The molecule has 17 heavy (non-hydrogen) atoms. The van der Waals surface area contributed by atoms with Gasteiger partial charge in [0.05, 0.1) is 5.69 Å². The van der Waals surface area contributed by atoms with Crippen molar-refractivity contribution in [1.29, 1.82) is 0 Å². The molecule has 1 aliphatic heterocycles. The highest BCUT2D eigenvalue weighted by atomic mass is 19.1. The Morgan fingerprint density at radius 1 is 1.47 bits per heavy atom. The first-order valence-electron chi connectivity index (χ1n) is 5.58. The summed E-state index contributed by atoms with van der Waals surface area (Å²) in [5.74, 6) is -0.583. The van der Waals surface area contributed by atoms with Gasteiger partial charge in [-0.25, -0.2) is 4.39 Å². The van der Waals surface area contributed by atoms with E-state index in [0.29, 0.717) is 18.7 Å². The summed E-state index contributed by atoms with van der Waals surface area (Å²) in [6, 6.07) is 4.10. The van der Waals surface area contributed by atoms with Crippen LogP contribution in [0.25, 0.3) is 0 Å². The third-order valence-corrected chi connectivity index (χ3v) is 2.86. The number of nitrogens with two attached hydrogens (primary N) is 1. The van der Waals surface area contributed by atoms with Crippen molar-refractivity contribution < 1.29 is 9.18 Å². The van der Waals surface area contributed by atoms with Gasteiger partial charge in [-0.3, -0.25) is 4.79 Å². The Labute approximate surface area is 99.7 Å². The fraction of sp³-hybridized carbons (Fsp3) is 0.308. The molecule has 0 atom stereocenters. The minimum atomic E-state index is -0.490. The van der Waals surface area contributed by atoms with Crippen LogP contribution in [0.2, 0.25) is 0 Å². The molecule has 0 bridgehead atoms. The zero-order valence-corrected chi connectivity index (χ0v) is 9.74. The van der Waals surface area contributed by atoms with Crippen LogP contribution >= 0.6 is 0 Å². The van der Waals surface area contributed by atoms with Gasteiger partial charge in [0.25, 0.3) is 5.91 Å². The first kappa shape index (κ1) is 11.6. The van der Waals surface area contributed by atoms with E-state index in [-0.39, 0.29) is 11.6 Å². The first-order valence-corrected chi connectivity index (χ1v) is 5.58. The molecule has 1 amide bonds. The van der Waals surface area contributed by atoms with Gasteiger partial charge >= 0.3 is 0 Å². The second-order valence-electron chi connectivity index (χ2n) is 4.30. The maximum atomic E-state index is 13.0. The highest BCUT2D eigenvalue weighted by Crippen LogP contribution is 2.17. The number of carbonyl (C=O) groups is 1. The molecule has 0 aliphatic carbocycles. The van der Waals surface area contributed by atoms with Crippen molar-refractivity contribution in [3.63, 3.8) is 0 Å². The normalized spacial score (nSPS) is 15.6. The molecule has 2 N–H and O–H groups in total. The third kappa shape index (κ3) is 2.46. The van der Waals surface area contributed by atoms with Crippen molar-refractivity contribution in [1.82, 2.24) is 4.90 Å². The first-order chi connectivity index (χ1) is 8.08. The maximum absolute atomic E-state index is 13.0. The number of rotatable bonds is 1. The highest BCUT2D eigenvalue weighted by molar-refractivity contribution is 5.95. The van der Waals surface area contributed by atoms with Crippen LogP contribution in [0.4, 0.5) is 10.1 Å². The van der Waals surface area contributed by atoms with E-state index in [0.717, 1.165) is 6.42 Å². The fourth-order valence-electron chi connectivity index (χ4n) is 1.94. The molecule has 2 rings (SSSR count). The number of anilines is 1. The lowest BCUT2D eigenvalue weighted by Gasteiger charge is -2.26. The Bertz CT molecular complexity index is 482. The van der Waals surface area contributed by atoms with E-state index in [1.807, 2.05) is 6.92 Å². The lowest BCUT2D eigenvalue weighted by Crippen LogP contribution is -2.35. The van der Waals surface area contributed by atoms with Crippen LogP contribution in [0.15, 0.2) is 29.8 Å². The minimum Gasteiger partial charge on any atom is -0.396 e. The van der Waals surface area contributed by atoms with Crippen LogP contribution in [0.3, 0.4) is 0 Å². The molecule has 1 aliphatic rings. The van der Waals surface area contributed by atoms with Crippen LogP contribution < -0.4 is 5.73 Å². The zero-order chi connectivity index (χ0) is 12.4. The van der Waals surface area contributed by atoms with Crippen molar-refractivity contribution in [2.75, 3.05) is 18.8 Å². The summed E-state index contributed by atoms with van der Waals surface area (Å²) in [6.45, 7) is 3.34. The largest absolute Gasteiger partial charge is 0.396 e. The van der Waals surface area contributed by atoms with E-state index in [1.165, 1.54) is 23.8 Å². The lowest BCUT2D eigenvalue weighted by molar-refractivity contribution is 0.0766. The molecule has 0 aromatic heterocycles. The smallest absolute Gasteiger partial charge is 0.254 e. The third-order valence-electron chi connectivity index (χ3n) is 2.86. The summed E-state index contributed by atoms with van der Waals surface area (Å²) in [6.07, 6.45) is 3.00. The van der Waals surface area contributed by atoms with Crippen LogP contribution in [-0.2, 0) is 0 Å². The van der Waals surface area contributed by atoms with Gasteiger partial charge < -0.3 is 10.6 Å². The second kappa shape index (κ2) is 4.57. The SMILES string of the molecule is CC1=CCCN(C(=O)c2ccc(F)c(N)c2)C1. The standard InChI is InChI=1S/C13H15FN2O/c1-9-3-2-6-16(8-9)13(17)10-4-5-11(14)12(15)7-10/h3-5,7H,2,6,8,15H2,1H3. The Morgan fingerprint density at radius 2 is 2.24 bits per heavy atom. The number of amides is 1. The molecule has 0 saturated carbocycles. The van der Waals surface area contributed by atoms with Crippen molar-refractivity contribution in [3.05, 3.63) is 41.2 Å². The monoisotopic (exact) mass is 234 g/mol. The minimum absolute atomic E-state index is 0.0140. The molecule has 90 valence electrons. The summed E-state index contributed by atoms with van der Waals surface area (Å²) < 4.78 is 13.0. The predicted molar refractivity (Wildman–Crippen MR) is 65.1 cm³/mol. The molecular formula is C13H15FN2O. The lowest BCUT2D eigenvalue weighted by atomic mass is 10.1. The zero-order valence-electron chi connectivity index (χ0n) is 9.74. The van der Waals surface area contributed by atoms with Gasteiger partial charge in [0.2, 0.25) is 0 Å². The molecule has 1 aromatic carbocycles. The van der Waals surface area contributed by atoms with Gasteiger partial charge in [-0.15, -0.1) is 0 Å². The molecule has 0 saturated heterocycles. The van der Waals surface area contributed by atoms with E-state index < -0.39 is 5.82 Å². The number of hydrogen-bond acceptors (Lipinski definition) is 2. The van der Waals surface area contributed by atoms with Crippen LogP contribution in [0.5, 0.6) is 0 Å². The maximum Gasteiger partial charge on any atom is 0.254 e. The number of hydrogen-bond donors (Lipinski definition) is 1. The molecular weight excluding hydrogens is 219 g/mol. The Morgan fingerprint density at radius 3 is 2.88 bits per heavy atom. The predicted octanol–water partition coefficient (Wildman–Crippen LogP) is 2.20. The number of carbonyl (C=O) groups excluding carboxylic acids is 1. The van der Waals surface area contributed by atoms with Crippen molar-refractivity contribution in [3.8, 4) is 0 Å². The average molecular weight is 234 g/mol. The topological polar surface area (TPSA) is 46.3 Å². The van der Waals surface area contributed by atoms with Gasteiger partial charge in [-0.05, 0) is 31.5 Å². The number of nitrogens with zero attached hydrogens (tertiary/aromatic N) is 1. The molecule has 4 heteroatoms. The van der Waals surface area contributed by atoms with Gasteiger partial charge in [0, 0.05) is 18.7 Å². The van der Waals surface area contributed by atoms with E-state index in [2.05, 4.69) is 6.08 Å². The van der Waals surface area contributed by atoms with Crippen LogP contribution in [0.1, 0.15) is 23.7 Å². The van der Waals surface area contributed by atoms with Crippen LogP contribution in [0, 0.1) is 5.82 Å². The number of nitrogen functional groups attached to an aromatic ring is 1. The van der Waals surface area contributed by atoms with Crippen molar-refractivity contribution in [2.45, 2.75) is 13.3 Å². The Hall–Kier alpha value is -1.84. The summed E-state index contributed by atoms with van der Waals surface area (Å²) in [7, 11) is 0. The van der Waals surface area contributed by atoms with Gasteiger partial charge in [0.1, 0.15) is 5.82 Å². The molecule has 0 unspecified atom stereocenters. The van der Waals surface area contributed by atoms with E-state index in [4.69, 9.17) is 5.73 Å². The quantitative estimate of drug-likeness (QED) is 0.598. The van der Waals surface area contributed by atoms with Gasteiger partial charge in [-0.2, -0.15) is 0 Å². The molecule has 0 radical (unpaired) electrons. The molecule has 1 aromatic rings.